The molecule has 0 nitrogen and oxygen atoms in total. The quantitative estimate of drug-likeness (QED) is 0.634. The van der Waals surface area contributed by atoms with Gasteiger partial charge in [0.05, 0.1) is 11.1 Å². The molecule has 2 aromatic rings. The van der Waals surface area contributed by atoms with E-state index in [0.717, 1.165) is 30.3 Å². The summed E-state index contributed by atoms with van der Waals surface area (Å²) in [6.07, 6.45) is -9.12. The van der Waals surface area contributed by atoms with Crippen molar-refractivity contribution in [3.8, 4) is 11.1 Å². The van der Waals surface area contributed by atoms with Gasteiger partial charge in [-0.2, -0.15) is 26.3 Å². The Labute approximate surface area is 110 Å². The Morgan fingerprint density at radius 2 is 1.40 bits per heavy atom. The molecule has 20 heavy (non-hydrogen) atoms. The van der Waals surface area contributed by atoms with Gasteiger partial charge in [-0.1, -0.05) is 24.3 Å². The molecule has 0 aromatic heterocycles. The minimum Gasteiger partial charge on any atom is -0.166 e. The third-order valence-corrected chi connectivity index (χ3v) is 2.63. The smallest absolute Gasteiger partial charge is 0.166 e. The summed E-state index contributed by atoms with van der Waals surface area (Å²) in [7, 11) is 0. The Bertz CT molecular complexity index is 554. The lowest BCUT2D eigenvalue weighted by Crippen LogP contribution is -2.06. The largest absolute Gasteiger partial charge is 0.417 e. The van der Waals surface area contributed by atoms with Crippen molar-refractivity contribution in [1.29, 1.82) is 0 Å². The normalized spacial score (nSPS) is 12.5. The highest BCUT2D eigenvalue weighted by molar-refractivity contribution is 5.65. The fourth-order valence-electron chi connectivity index (χ4n) is 1.68. The van der Waals surface area contributed by atoms with Crippen molar-refractivity contribution >= 4 is 0 Å². The van der Waals surface area contributed by atoms with Crippen molar-refractivity contribution in [2.75, 3.05) is 0 Å². The van der Waals surface area contributed by atoms with E-state index in [1.54, 1.807) is 0 Å². The third-order valence-electron chi connectivity index (χ3n) is 2.63. The molecule has 2 rings (SSSR count). The van der Waals surface area contributed by atoms with Crippen molar-refractivity contribution in [1.82, 2.24) is 0 Å². The molecule has 0 amide bonds. The molecule has 6 heteroatoms. The molecule has 0 saturated carbocycles. The van der Waals surface area contributed by atoms with Crippen LogP contribution in [0, 0.1) is 6.07 Å². The van der Waals surface area contributed by atoms with Crippen molar-refractivity contribution < 1.29 is 26.3 Å². The maximum absolute atomic E-state index is 12.6. The molecule has 105 valence electrons. The lowest BCUT2D eigenvalue weighted by atomic mass is 10.0. The highest BCUT2D eigenvalue weighted by atomic mass is 19.4. The van der Waals surface area contributed by atoms with Crippen LogP contribution in [0.4, 0.5) is 26.3 Å². The maximum Gasteiger partial charge on any atom is 0.417 e. The van der Waals surface area contributed by atoms with Crippen LogP contribution in [-0.2, 0) is 12.4 Å². The number of hydrogen-bond acceptors (Lipinski definition) is 0. The van der Waals surface area contributed by atoms with Gasteiger partial charge in [0.2, 0.25) is 0 Å². The van der Waals surface area contributed by atoms with E-state index in [9.17, 15) is 26.3 Å². The molecule has 0 unspecified atom stereocenters. The first-order chi connectivity index (χ1) is 9.18. The summed E-state index contributed by atoms with van der Waals surface area (Å²) >= 11 is 0. The van der Waals surface area contributed by atoms with Gasteiger partial charge in [-0.05, 0) is 35.4 Å². The molecule has 0 saturated heterocycles. The predicted octanol–water partition coefficient (Wildman–Crippen LogP) is 5.19. The average Bonchev–Trinajstić information content (AvgIpc) is 2.37. The monoisotopic (exact) mass is 289 g/mol. The van der Waals surface area contributed by atoms with E-state index < -0.39 is 23.5 Å². The van der Waals surface area contributed by atoms with E-state index in [-0.39, 0.29) is 11.1 Å². The topological polar surface area (TPSA) is 0 Å². The first kappa shape index (κ1) is 14.4. The summed E-state index contributed by atoms with van der Waals surface area (Å²) in [6, 6.07) is 9.27. The lowest BCUT2D eigenvalue weighted by Gasteiger charge is -2.11. The number of halogens is 6. The van der Waals surface area contributed by atoms with Gasteiger partial charge < -0.3 is 0 Å². The third kappa shape index (κ3) is 3.12. The van der Waals surface area contributed by atoms with Gasteiger partial charge in [0.25, 0.3) is 0 Å². The second-order valence-corrected chi connectivity index (χ2v) is 4.07. The average molecular weight is 289 g/mol. The van der Waals surface area contributed by atoms with Crippen LogP contribution in [0.2, 0.25) is 0 Å². The molecule has 1 radical (unpaired) electrons. The number of hydrogen-bond donors (Lipinski definition) is 0. The Kier molecular flexibility index (Phi) is 3.50. The van der Waals surface area contributed by atoms with E-state index in [2.05, 4.69) is 0 Å². The van der Waals surface area contributed by atoms with Crippen LogP contribution >= 0.6 is 0 Å². The van der Waals surface area contributed by atoms with Gasteiger partial charge in [0, 0.05) is 0 Å². The molecule has 0 aliphatic heterocycles. The molecular weight excluding hydrogens is 282 g/mol. The summed E-state index contributed by atoms with van der Waals surface area (Å²) in [6.45, 7) is 0. The standard InChI is InChI=1S/C14H7F6/c15-13(16,17)11-5-1-3-9(7-11)10-4-2-6-12(8-10)14(18,19)20/h1-5,7-8H. The molecular formula is C14H7F6. The Morgan fingerprint density at radius 3 is 2.00 bits per heavy atom. The van der Waals surface area contributed by atoms with Crippen molar-refractivity contribution in [3.63, 3.8) is 0 Å². The zero-order valence-electron chi connectivity index (χ0n) is 9.81. The van der Waals surface area contributed by atoms with E-state index in [0.29, 0.717) is 0 Å². The summed E-state index contributed by atoms with van der Waals surface area (Å²) in [4.78, 5) is 0. The number of rotatable bonds is 1. The van der Waals surface area contributed by atoms with E-state index >= 15 is 0 Å². The Hall–Kier alpha value is -1.98. The summed E-state index contributed by atoms with van der Waals surface area (Å²) in [5, 5.41) is 0. The van der Waals surface area contributed by atoms with Gasteiger partial charge in [0.1, 0.15) is 0 Å². The van der Waals surface area contributed by atoms with E-state index in [1.165, 1.54) is 12.1 Å². The second-order valence-electron chi connectivity index (χ2n) is 4.07. The van der Waals surface area contributed by atoms with Crippen LogP contribution in [0.5, 0.6) is 0 Å². The van der Waals surface area contributed by atoms with Gasteiger partial charge in [-0.15, -0.1) is 0 Å². The van der Waals surface area contributed by atoms with Gasteiger partial charge >= 0.3 is 12.4 Å². The van der Waals surface area contributed by atoms with E-state index in [4.69, 9.17) is 0 Å². The molecule has 2 aromatic carbocycles. The van der Waals surface area contributed by atoms with Gasteiger partial charge in [-0.25, -0.2) is 0 Å². The summed E-state index contributed by atoms with van der Waals surface area (Å²) < 4.78 is 75.3. The molecule has 0 aliphatic carbocycles. The highest BCUT2D eigenvalue weighted by Crippen LogP contribution is 2.34. The first-order valence-electron chi connectivity index (χ1n) is 5.44. The van der Waals surface area contributed by atoms with E-state index in [1.807, 2.05) is 6.07 Å². The fraction of sp³-hybridized carbons (Fsp3) is 0.143. The number of benzene rings is 2. The Morgan fingerprint density at radius 1 is 0.750 bits per heavy atom. The van der Waals surface area contributed by atoms with Crippen LogP contribution in [0.3, 0.4) is 0 Å². The van der Waals surface area contributed by atoms with Crippen LogP contribution in [0.1, 0.15) is 11.1 Å². The maximum atomic E-state index is 12.6. The SMILES string of the molecule is FC(F)(F)c1[c]ccc(-c2cccc(C(F)(F)F)c2)c1. The fourth-order valence-corrected chi connectivity index (χ4v) is 1.68. The van der Waals surface area contributed by atoms with Gasteiger partial charge in [0.15, 0.2) is 0 Å². The van der Waals surface area contributed by atoms with Crippen LogP contribution in [0.15, 0.2) is 42.5 Å². The minimum absolute atomic E-state index is 0.0576. The summed E-state index contributed by atoms with van der Waals surface area (Å²) in [5.74, 6) is 0. The van der Waals surface area contributed by atoms with Crippen LogP contribution in [0.25, 0.3) is 11.1 Å². The molecule has 0 atom stereocenters. The first-order valence-corrected chi connectivity index (χ1v) is 5.44. The molecule has 0 aliphatic rings. The minimum atomic E-state index is -4.59. The summed E-state index contributed by atoms with van der Waals surface area (Å²) in [5.41, 5.74) is -1.80. The van der Waals surface area contributed by atoms with Crippen molar-refractivity contribution in [3.05, 3.63) is 59.7 Å². The lowest BCUT2D eigenvalue weighted by molar-refractivity contribution is -0.138. The zero-order chi connectivity index (χ0) is 15.0. The van der Waals surface area contributed by atoms with Crippen molar-refractivity contribution in [2.24, 2.45) is 0 Å². The number of alkyl halides is 6. The molecule has 0 bridgehead atoms. The molecule has 0 N–H and O–H groups in total. The van der Waals surface area contributed by atoms with Gasteiger partial charge in [-0.3, -0.25) is 0 Å². The predicted molar refractivity (Wildman–Crippen MR) is 60.7 cm³/mol. The van der Waals surface area contributed by atoms with Crippen molar-refractivity contribution in [2.45, 2.75) is 12.4 Å². The second kappa shape index (κ2) is 4.85. The highest BCUT2D eigenvalue weighted by Gasteiger charge is 2.32. The van der Waals surface area contributed by atoms with Crippen LogP contribution < -0.4 is 0 Å². The zero-order valence-corrected chi connectivity index (χ0v) is 9.81. The Balaban J connectivity index is 2.47. The molecule has 0 fully saturated rings. The van der Waals surface area contributed by atoms with Crippen LogP contribution in [-0.4, -0.2) is 0 Å². The molecule has 0 heterocycles. The molecule has 0 spiro atoms.